The fraction of sp³-hybridized carbons (Fsp3) is 0.450. The Bertz CT molecular complexity index is 712. The summed E-state index contributed by atoms with van der Waals surface area (Å²) in [6, 6.07) is 9.54. The lowest BCUT2D eigenvalue weighted by Crippen LogP contribution is -2.33. The van der Waals surface area contributed by atoms with Gasteiger partial charge in [-0.05, 0) is 43.9 Å². The molecule has 5 nitrogen and oxygen atoms in total. The molecule has 1 N–H and O–H groups in total. The monoisotopic (exact) mass is 374 g/mol. The number of hydrogen-bond donors (Lipinski definition) is 1. The van der Waals surface area contributed by atoms with Crippen LogP contribution in [0.4, 0.5) is 5.82 Å². The number of nitrogens with one attached hydrogen (secondary N) is 1. The predicted molar refractivity (Wildman–Crippen MR) is 107 cm³/mol. The van der Waals surface area contributed by atoms with Crippen molar-refractivity contribution in [3.8, 4) is 0 Å². The zero-order valence-electron chi connectivity index (χ0n) is 15.8. The summed E-state index contributed by atoms with van der Waals surface area (Å²) in [6.45, 7) is 8.17. The number of halogens is 1. The summed E-state index contributed by atoms with van der Waals surface area (Å²) in [6.07, 6.45) is 2.71. The Labute approximate surface area is 160 Å². The number of nitrogens with zero attached hydrogens (tertiary/aromatic N) is 3. The first-order valence-corrected chi connectivity index (χ1v) is 9.54. The van der Waals surface area contributed by atoms with E-state index >= 15 is 0 Å². The van der Waals surface area contributed by atoms with Crippen molar-refractivity contribution < 1.29 is 4.79 Å². The van der Waals surface area contributed by atoms with Gasteiger partial charge in [0.1, 0.15) is 17.3 Å². The van der Waals surface area contributed by atoms with Crippen molar-refractivity contribution >= 4 is 23.3 Å². The smallest absolute Gasteiger partial charge is 0.272 e. The van der Waals surface area contributed by atoms with Gasteiger partial charge in [-0.3, -0.25) is 4.79 Å². The quantitative estimate of drug-likeness (QED) is 0.708. The Hall–Kier alpha value is -2.14. The lowest BCUT2D eigenvalue weighted by Gasteiger charge is -2.21. The van der Waals surface area contributed by atoms with E-state index in [1.807, 2.05) is 36.1 Å². The van der Waals surface area contributed by atoms with E-state index in [1.165, 1.54) is 5.56 Å². The highest BCUT2D eigenvalue weighted by atomic mass is 35.5. The molecular formula is C20H27ClN4O. The van der Waals surface area contributed by atoms with Crippen LogP contribution in [0, 0.1) is 6.92 Å². The van der Waals surface area contributed by atoms with Gasteiger partial charge in [0.15, 0.2) is 0 Å². The van der Waals surface area contributed by atoms with Crippen LogP contribution in [0.1, 0.15) is 48.6 Å². The van der Waals surface area contributed by atoms with Crippen LogP contribution in [0.2, 0.25) is 5.02 Å². The van der Waals surface area contributed by atoms with Crippen LogP contribution in [0.5, 0.6) is 0 Å². The van der Waals surface area contributed by atoms with Crippen molar-refractivity contribution in [1.29, 1.82) is 0 Å². The van der Waals surface area contributed by atoms with Gasteiger partial charge < -0.3 is 10.2 Å². The number of aryl methyl sites for hydroxylation is 1. The van der Waals surface area contributed by atoms with Gasteiger partial charge in [-0.15, -0.1) is 0 Å². The highest BCUT2D eigenvalue weighted by Gasteiger charge is 2.17. The molecule has 2 aromatic rings. The maximum Gasteiger partial charge on any atom is 0.272 e. The second-order valence-corrected chi connectivity index (χ2v) is 6.72. The van der Waals surface area contributed by atoms with Crippen molar-refractivity contribution in [2.75, 3.05) is 25.0 Å². The van der Waals surface area contributed by atoms with E-state index in [0.29, 0.717) is 17.3 Å². The van der Waals surface area contributed by atoms with E-state index in [4.69, 9.17) is 11.6 Å². The van der Waals surface area contributed by atoms with Gasteiger partial charge in [-0.2, -0.15) is 0 Å². The Morgan fingerprint density at radius 1 is 1.12 bits per heavy atom. The van der Waals surface area contributed by atoms with Crippen LogP contribution in [0.3, 0.4) is 0 Å². The minimum Gasteiger partial charge on any atom is -0.370 e. The number of anilines is 1. The Morgan fingerprint density at radius 3 is 2.38 bits per heavy atom. The average molecular weight is 375 g/mol. The molecule has 1 aromatic carbocycles. The molecule has 0 atom stereocenters. The molecular weight excluding hydrogens is 348 g/mol. The van der Waals surface area contributed by atoms with Crippen LogP contribution >= 0.6 is 11.6 Å². The van der Waals surface area contributed by atoms with Crippen molar-refractivity contribution in [2.45, 2.75) is 40.0 Å². The van der Waals surface area contributed by atoms with Gasteiger partial charge in [0, 0.05) is 30.7 Å². The summed E-state index contributed by atoms with van der Waals surface area (Å²) in [4.78, 5) is 23.3. The van der Waals surface area contributed by atoms with Gasteiger partial charge >= 0.3 is 0 Å². The predicted octanol–water partition coefficient (Wildman–Crippen LogP) is 4.36. The molecule has 1 aromatic heterocycles. The fourth-order valence-corrected chi connectivity index (χ4v) is 2.90. The number of hydrogen-bond acceptors (Lipinski definition) is 4. The third-order valence-electron chi connectivity index (χ3n) is 3.96. The molecule has 1 heterocycles. The van der Waals surface area contributed by atoms with Gasteiger partial charge in [-0.1, -0.05) is 37.6 Å². The number of carbonyl (C=O) groups is 1. The van der Waals surface area contributed by atoms with Gasteiger partial charge in [0.2, 0.25) is 0 Å². The van der Waals surface area contributed by atoms with Crippen molar-refractivity contribution in [1.82, 2.24) is 14.9 Å². The molecule has 26 heavy (non-hydrogen) atoms. The van der Waals surface area contributed by atoms with Crippen LogP contribution < -0.4 is 5.32 Å². The number of amides is 1. The minimum atomic E-state index is -0.0278. The van der Waals surface area contributed by atoms with Crippen LogP contribution in [-0.2, 0) is 6.42 Å². The van der Waals surface area contributed by atoms with Gasteiger partial charge in [0.25, 0.3) is 5.91 Å². The number of benzene rings is 1. The highest BCUT2D eigenvalue weighted by molar-refractivity contribution is 6.30. The molecule has 0 aliphatic carbocycles. The topological polar surface area (TPSA) is 58.1 Å². The largest absolute Gasteiger partial charge is 0.370 e. The normalized spacial score (nSPS) is 10.6. The Morgan fingerprint density at radius 2 is 1.77 bits per heavy atom. The van der Waals surface area contributed by atoms with E-state index in [-0.39, 0.29) is 5.91 Å². The second-order valence-electron chi connectivity index (χ2n) is 6.28. The zero-order chi connectivity index (χ0) is 18.9. The lowest BCUT2D eigenvalue weighted by atomic mass is 10.1. The van der Waals surface area contributed by atoms with Crippen LogP contribution in [0.25, 0.3) is 0 Å². The first-order chi connectivity index (χ1) is 12.5. The molecule has 1 amide bonds. The number of aromatic nitrogens is 2. The fourth-order valence-electron chi connectivity index (χ4n) is 2.77. The van der Waals surface area contributed by atoms with Crippen LogP contribution in [-0.4, -0.2) is 40.4 Å². The third-order valence-corrected chi connectivity index (χ3v) is 4.22. The van der Waals surface area contributed by atoms with E-state index in [9.17, 15) is 4.79 Å². The molecule has 0 aliphatic rings. The SMILES string of the molecule is CCCN(CCC)C(=O)c1cc(NCCc2ccc(Cl)cc2)nc(C)n1. The first kappa shape index (κ1) is 20.2. The molecule has 0 saturated heterocycles. The number of carbonyl (C=O) groups excluding carboxylic acids is 1. The minimum absolute atomic E-state index is 0.0278. The van der Waals surface area contributed by atoms with E-state index < -0.39 is 0 Å². The summed E-state index contributed by atoms with van der Waals surface area (Å²) < 4.78 is 0. The summed E-state index contributed by atoms with van der Waals surface area (Å²) in [5.74, 6) is 1.25. The summed E-state index contributed by atoms with van der Waals surface area (Å²) in [7, 11) is 0. The summed E-state index contributed by atoms with van der Waals surface area (Å²) >= 11 is 5.91. The van der Waals surface area contributed by atoms with Gasteiger partial charge in [-0.25, -0.2) is 9.97 Å². The molecule has 2 rings (SSSR count). The van der Waals surface area contributed by atoms with Crippen LogP contribution in [0.15, 0.2) is 30.3 Å². The van der Waals surface area contributed by atoms with Crippen molar-refractivity contribution in [3.05, 3.63) is 52.4 Å². The highest BCUT2D eigenvalue weighted by Crippen LogP contribution is 2.12. The Kier molecular flexibility index (Phi) is 7.85. The molecule has 0 bridgehead atoms. The van der Waals surface area contributed by atoms with Crippen molar-refractivity contribution in [2.24, 2.45) is 0 Å². The van der Waals surface area contributed by atoms with E-state index in [0.717, 1.165) is 43.9 Å². The standard InChI is InChI=1S/C20H27ClN4O/c1-4-12-25(13-5-2)20(26)18-14-19(24-15(3)23-18)22-11-10-16-6-8-17(21)9-7-16/h6-9,14H,4-5,10-13H2,1-3H3,(H,22,23,24). The first-order valence-electron chi connectivity index (χ1n) is 9.16. The molecule has 140 valence electrons. The molecule has 6 heteroatoms. The van der Waals surface area contributed by atoms with E-state index in [2.05, 4.69) is 29.1 Å². The summed E-state index contributed by atoms with van der Waals surface area (Å²) in [5.41, 5.74) is 1.65. The van der Waals surface area contributed by atoms with Gasteiger partial charge in [0.05, 0.1) is 0 Å². The zero-order valence-corrected chi connectivity index (χ0v) is 16.5. The summed E-state index contributed by atoms with van der Waals surface area (Å²) in [5, 5.41) is 4.03. The third kappa shape index (κ3) is 5.99. The maximum absolute atomic E-state index is 12.8. The second kappa shape index (κ2) is 10.1. The average Bonchev–Trinajstić information content (AvgIpc) is 2.62. The van der Waals surface area contributed by atoms with E-state index in [1.54, 1.807) is 6.07 Å². The molecule has 0 aliphatic heterocycles. The molecule has 0 unspecified atom stereocenters. The lowest BCUT2D eigenvalue weighted by molar-refractivity contribution is 0.0749. The molecule has 0 saturated carbocycles. The maximum atomic E-state index is 12.8. The molecule has 0 fully saturated rings. The molecule has 0 spiro atoms. The molecule has 0 radical (unpaired) electrons. The Balaban J connectivity index is 2.03. The van der Waals surface area contributed by atoms with Crippen molar-refractivity contribution in [3.63, 3.8) is 0 Å². The number of rotatable bonds is 9.